The molecule has 1 amide bonds. The van der Waals surface area contributed by atoms with Crippen molar-refractivity contribution < 1.29 is 9.53 Å². The van der Waals surface area contributed by atoms with E-state index in [2.05, 4.69) is 5.32 Å². The summed E-state index contributed by atoms with van der Waals surface area (Å²) in [5, 5.41) is 3.43. The minimum atomic E-state index is -0.854. The molecular weight excluding hydrogens is 272 g/mol. The summed E-state index contributed by atoms with van der Waals surface area (Å²) < 4.78 is 5.20. The summed E-state index contributed by atoms with van der Waals surface area (Å²) in [6.07, 6.45) is -0.480. The zero-order valence-corrected chi connectivity index (χ0v) is 10.4. The van der Waals surface area contributed by atoms with Crippen LogP contribution in [0.2, 0.25) is 10.0 Å². The number of hydrogen-bond donors (Lipinski definition) is 1. The van der Waals surface area contributed by atoms with Gasteiger partial charge in [0.05, 0.1) is 22.5 Å². The second kappa shape index (κ2) is 4.32. The van der Waals surface area contributed by atoms with Gasteiger partial charge in [0.25, 0.3) is 0 Å². The predicted octanol–water partition coefficient (Wildman–Crippen LogP) is 3.17. The molecule has 3 nitrogen and oxygen atoms in total. The topological polar surface area (TPSA) is 38.3 Å². The highest BCUT2D eigenvalue weighted by molar-refractivity contribution is 6.42. The molecule has 16 heavy (non-hydrogen) atoms. The van der Waals surface area contributed by atoms with Crippen molar-refractivity contribution in [3.8, 4) is 0 Å². The van der Waals surface area contributed by atoms with E-state index in [1.54, 1.807) is 18.2 Å². The molecule has 2 rings (SSSR count). The van der Waals surface area contributed by atoms with E-state index in [4.69, 9.17) is 39.5 Å². The number of carbonyl (C=O) groups excluding carboxylic acids is 1. The van der Waals surface area contributed by atoms with Crippen LogP contribution in [0.5, 0.6) is 0 Å². The molecule has 1 heterocycles. The maximum Gasteiger partial charge on any atom is 0.408 e. The number of nitrogens with one attached hydrogen (secondary N) is 1. The monoisotopic (exact) mass is 279 g/mol. The first-order valence-corrected chi connectivity index (χ1v) is 5.85. The Balaban J connectivity index is 2.41. The molecule has 1 aliphatic heterocycles. The maximum atomic E-state index is 11.1. The number of hydrogen-bond acceptors (Lipinski definition) is 2. The van der Waals surface area contributed by atoms with Crippen molar-refractivity contribution in [3.05, 3.63) is 33.8 Å². The van der Waals surface area contributed by atoms with Crippen molar-refractivity contribution in [1.29, 1.82) is 0 Å². The Morgan fingerprint density at radius 2 is 2.12 bits per heavy atom. The van der Waals surface area contributed by atoms with Gasteiger partial charge in [0, 0.05) is 5.56 Å². The lowest BCUT2D eigenvalue weighted by Crippen LogP contribution is -2.32. The van der Waals surface area contributed by atoms with Crippen LogP contribution in [0.3, 0.4) is 0 Å². The molecule has 1 fully saturated rings. The molecule has 1 atom stereocenters. The highest BCUT2D eigenvalue weighted by atomic mass is 35.5. The Labute approximate surface area is 108 Å². The Hall–Kier alpha value is -0.640. The van der Waals surface area contributed by atoms with E-state index in [0.717, 1.165) is 5.56 Å². The summed E-state index contributed by atoms with van der Waals surface area (Å²) in [6.45, 7) is 0.327. The van der Waals surface area contributed by atoms with E-state index in [-0.39, 0.29) is 5.88 Å². The molecule has 0 saturated carbocycles. The largest absolute Gasteiger partial charge is 0.435 e. The first-order valence-electron chi connectivity index (χ1n) is 4.56. The summed E-state index contributed by atoms with van der Waals surface area (Å²) in [5.74, 6) is 0.156. The molecule has 0 unspecified atom stereocenters. The summed E-state index contributed by atoms with van der Waals surface area (Å²) in [4.78, 5) is 11.1. The van der Waals surface area contributed by atoms with Gasteiger partial charge in [-0.1, -0.05) is 29.3 Å². The molecular formula is C10H8Cl3NO2. The molecule has 0 aliphatic carbocycles. The number of rotatable bonds is 2. The van der Waals surface area contributed by atoms with Crippen LogP contribution in [0.1, 0.15) is 5.56 Å². The summed E-state index contributed by atoms with van der Waals surface area (Å²) in [5.41, 5.74) is -0.123. The number of ether oxygens (including phenoxy) is 1. The zero-order chi connectivity index (χ0) is 11.8. The van der Waals surface area contributed by atoms with Crippen LogP contribution in [-0.2, 0) is 10.3 Å². The normalized spacial score (nSPS) is 24.1. The smallest absolute Gasteiger partial charge is 0.408 e. The van der Waals surface area contributed by atoms with E-state index < -0.39 is 11.7 Å². The Kier molecular flexibility index (Phi) is 3.19. The number of alkyl carbamates (subject to hydrolysis) is 1. The van der Waals surface area contributed by atoms with Gasteiger partial charge < -0.3 is 10.1 Å². The highest BCUT2D eigenvalue weighted by Gasteiger charge is 2.41. The summed E-state index contributed by atoms with van der Waals surface area (Å²) in [7, 11) is 0. The standard InChI is InChI=1S/C10H8Cl3NO2/c11-4-10(5-14-9(15)16-10)6-1-2-7(12)8(13)3-6/h1-3H,4-5H2,(H,14,15)/t10-/m1/s1. The summed E-state index contributed by atoms with van der Waals surface area (Å²) in [6, 6.07) is 5.06. The first-order chi connectivity index (χ1) is 7.57. The number of halogens is 3. The highest BCUT2D eigenvalue weighted by Crippen LogP contribution is 2.34. The molecule has 6 heteroatoms. The fourth-order valence-electron chi connectivity index (χ4n) is 1.56. The molecule has 1 aliphatic rings. The quantitative estimate of drug-likeness (QED) is 0.845. The van der Waals surface area contributed by atoms with Crippen molar-refractivity contribution in [2.75, 3.05) is 12.4 Å². The van der Waals surface area contributed by atoms with Crippen LogP contribution in [0.4, 0.5) is 4.79 Å². The van der Waals surface area contributed by atoms with E-state index in [1.165, 1.54) is 0 Å². The fraction of sp³-hybridized carbons (Fsp3) is 0.300. The number of benzene rings is 1. The van der Waals surface area contributed by atoms with Crippen LogP contribution in [0, 0.1) is 0 Å². The van der Waals surface area contributed by atoms with Crippen molar-refractivity contribution in [1.82, 2.24) is 5.32 Å². The van der Waals surface area contributed by atoms with Crippen LogP contribution < -0.4 is 5.32 Å². The lowest BCUT2D eigenvalue weighted by Gasteiger charge is -2.24. The Morgan fingerprint density at radius 1 is 1.38 bits per heavy atom. The predicted molar refractivity (Wildman–Crippen MR) is 63.3 cm³/mol. The van der Waals surface area contributed by atoms with Crippen LogP contribution in [0.15, 0.2) is 18.2 Å². The molecule has 0 radical (unpaired) electrons. The van der Waals surface area contributed by atoms with Gasteiger partial charge in [-0.3, -0.25) is 0 Å². The fourth-order valence-corrected chi connectivity index (χ4v) is 2.16. The van der Waals surface area contributed by atoms with Gasteiger partial charge in [0.2, 0.25) is 0 Å². The van der Waals surface area contributed by atoms with Gasteiger partial charge in [0.15, 0.2) is 5.60 Å². The van der Waals surface area contributed by atoms with Gasteiger partial charge >= 0.3 is 6.09 Å². The minimum absolute atomic E-state index is 0.156. The number of cyclic esters (lactones) is 1. The zero-order valence-electron chi connectivity index (χ0n) is 8.10. The Bertz CT molecular complexity index is 438. The maximum absolute atomic E-state index is 11.1. The molecule has 1 aromatic carbocycles. The lowest BCUT2D eigenvalue weighted by atomic mass is 9.96. The molecule has 1 saturated heterocycles. The minimum Gasteiger partial charge on any atom is -0.435 e. The van der Waals surface area contributed by atoms with Gasteiger partial charge in [0.1, 0.15) is 0 Å². The van der Waals surface area contributed by atoms with Gasteiger partial charge in [-0.05, 0) is 12.1 Å². The van der Waals surface area contributed by atoms with Crippen LogP contribution >= 0.6 is 34.8 Å². The third kappa shape index (κ3) is 1.95. The second-order valence-corrected chi connectivity index (χ2v) is 4.58. The van der Waals surface area contributed by atoms with E-state index in [1.807, 2.05) is 0 Å². The lowest BCUT2D eigenvalue weighted by molar-refractivity contribution is 0.0732. The summed E-state index contributed by atoms with van der Waals surface area (Å²) >= 11 is 17.6. The molecule has 1 N–H and O–H groups in total. The third-order valence-corrected chi connectivity index (χ3v) is 3.64. The number of carbonyl (C=O) groups is 1. The molecule has 0 aromatic heterocycles. The second-order valence-electron chi connectivity index (χ2n) is 3.50. The molecule has 0 spiro atoms. The van der Waals surface area contributed by atoms with Gasteiger partial charge in [-0.25, -0.2) is 4.79 Å². The van der Waals surface area contributed by atoms with E-state index >= 15 is 0 Å². The first kappa shape index (κ1) is 11.8. The third-order valence-electron chi connectivity index (χ3n) is 2.47. The van der Waals surface area contributed by atoms with E-state index in [0.29, 0.717) is 16.6 Å². The molecule has 0 bridgehead atoms. The van der Waals surface area contributed by atoms with Crippen molar-refractivity contribution in [3.63, 3.8) is 0 Å². The van der Waals surface area contributed by atoms with Crippen LogP contribution in [0.25, 0.3) is 0 Å². The van der Waals surface area contributed by atoms with Gasteiger partial charge in [-0.15, -0.1) is 11.6 Å². The van der Waals surface area contributed by atoms with Crippen molar-refractivity contribution in [2.24, 2.45) is 0 Å². The SMILES string of the molecule is O=C1NC[C@](CCl)(c2ccc(Cl)c(Cl)c2)O1. The van der Waals surface area contributed by atoms with Gasteiger partial charge in [-0.2, -0.15) is 0 Å². The van der Waals surface area contributed by atoms with Crippen molar-refractivity contribution in [2.45, 2.75) is 5.60 Å². The van der Waals surface area contributed by atoms with E-state index in [9.17, 15) is 4.79 Å². The number of amides is 1. The van der Waals surface area contributed by atoms with Crippen LogP contribution in [-0.4, -0.2) is 18.5 Å². The average Bonchev–Trinajstić information content (AvgIpc) is 2.65. The van der Waals surface area contributed by atoms with Crippen molar-refractivity contribution >= 4 is 40.9 Å². The Morgan fingerprint density at radius 3 is 2.62 bits per heavy atom. The number of alkyl halides is 1. The average molecular weight is 281 g/mol. The molecule has 1 aromatic rings. The molecule has 86 valence electrons.